The highest BCUT2D eigenvalue weighted by molar-refractivity contribution is 7.70. The molecular formula is C23H34O5P2. The van der Waals surface area contributed by atoms with Crippen LogP contribution in [0.2, 0.25) is 0 Å². The molecule has 5 nitrogen and oxygen atoms in total. The Balaban J connectivity index is 2.61. The SMILES string of the molecule is CCO[P@@](=O)(c1ccccc1)[C@H](CC(C)C)O[P@](=O)(c1ccccc1)[C@@H](O)C(C)C. The van der Waals surface area contributed by atoms with Crippen molar-refractivity contribution >= 4 is 25.3 Å². The molecule has 0 amide bonds. The Bertz CT molecular complexity index is 868. The normalized spacial score (nSPS) is 18.0. The average Bonchev–Trinajstić information content (AvgIpc) is 2.73. The molecule has 2 aromatic carbocycles. The van der Waals surface area contributed by atoms with Gasteiger partial charge < -0.3 is 14.2 Å². The second-order valence-electron chi connectivity index (χ2n) is 8.13. The molecule has 2 aromatic rings. The molecule has 0 aliphatic carbocycles. The fourth-order valence-corrected chi connectivity index (χ4v) is 8.89. The van der Waals surface area contributed by atoms with Gasteiger partial charge in [0.05, 0.1) is 6.61 Å². The van der Waals surface area contributed by atoms with Crippen LogP contribution in [0.15, 0.2) is 60.7 Å². The van der Waals surface area contributed by atoms with E-state index in [4.69, 9.17) is 9.05 Å². The van der Waals surface area contributed by atoms with Crippen LogP contribution in [0, 0.1) is 11.8 Å². The van der Waals surface area contributed by atoms with Crippen LogP contribution in [0.4, 0.5) is 0 Å². The van der Waals surface area contributed by atoms with E-state index in [9.17, 15) is 14.2 Å². The minimum absolute atomic E-state index is 0.118. The van der Waals surface area contributed by atoms with E-state index in [0.717, 1.165) is 0 Å². The molecule has 30 heavy (non-hydrogen) atoms. The molecule has 0 spiro atoms. The minimum Gasteiger partial charge on any atom is -0.382 e. The van der Waals surface area contributed by atoms with E-state index in [0.29, 0.717) is 17.0 Å². The van der Waals surface area contributed by atoms with Crippen LogP contribution < -0.4 is 10.6 Å². The largest absolute Gasteiger partial charge is 0.382 e. The van der Waals surface area contributed by atoms with Gasteiger partial charge in [-0.1, -0.05) is 64.1 Å². The zero-order valence-corrected chi connectivity index (χ0v) is 20.3. The van der Waals surface area contributed by atoms with Crippen molar-refractivity contribution in [1.82, 2.24) is 0 Å². The molecule has 0 aliphatic heterocycles. The third-order valence-corrected chi connectivity index (χ3v) is 10.6. The number of aliphatic hydroxyl groups is 1. The van der Waals surface area contributed by atoms with Gasteiger partial charge in [0.15, 0.2) is 0 Å². The van der Waals surface area contributed by atoms with Crippen molar-refractivity contribution in [2.24, 2.45) is 11.8 Å². The van der Waals surface area contributed by atoms with E-state index in [-0.39, 0.29) is 18.4 Å². The minimum atomic E-state index is -3.77. The second kappa shape index (κ2) is 10.9. The van der Waals surface area contributed by atoms with Gasteiger partial charge in [-0.15, -0.1) is 0 Å². The van der Waals surface area contributed by atoms with E-state index in [1.165, 1.54) is 0 Å². The fourth-order valence-electron chi connectivity index (χ4n) is 3.28. The fraction of sp³-hybridized carbons (Fsp3) is 0.478. The Morgan fingerprint density at radius 3 is 1.70 bits per heavy atom. The molecule has 166 valence electrons. The van der Waals surface area contributed by atoms with Gasteiger partial charge in [-0.05, 0) is 49.4 Å². The maximum atomic E-state index is 14.2. The lowest BCUT2D eigenvalue weighted by Crippen LogP contribution is -2.30. The summed E-state index contributed by atoms with van der Waals surface area (Å²) < 4.78 is 40.5. The summed E-state index contributed by atoms with van der Waals surface area (Å²) in [6.45, 7) is 9.57. The van der Waals surface area contributed by atoms with Gasteiger partial charge in [0.2, 0.25) is 0 Å². The molecule has 0 heterocycles. The van der Waals surface area contributed by atoms with Crippen molar-refractivity contribution in [1.29, 1.82) is 0 Å². The van der Waals surface area contributed by atoms with E-state index in [2.05, 4.69) is 0 Å². The summed E-state index contributed by atoms with van der Waals surface area (Å²) in [6, 6.07) is 17.6. The number of hydrogen-bond donors (Lipinski definition) is 1. The van der Waals surface area contributed by atoms with Crippen LogP contribution in [0.5, 0.6) is 0 Å². The van der Waals surface area contributed by atoms with Crippen molar-refractivity contribution in [3.05, 3.63) is 60.7 Å². The molecule has 0 saturated carbocycles. The van der Waals surface area contributed by atoms with E-state index < -0.39 is 26.4 Å². The zero-order valence-electron chi connectivity index (χ0n) is 18.5. The summed E-state index contributed by atoms with van der Waals surface area (Å²) in [7, 11) is -7.30. The van der Waals surface area contributed by atoms with E-state index in [1.807, 2.05) is 26.0 Å². The Kier molecular flexibility index (Phi) is 9.09. The van der Waals surface area contributed by atoms with Crippen molar-refractivity contribution in [2.45, 2.75) is 52.7 Å². The molecule has 2 rings (SSSR count). The molecule has 4 atom stereocenters. The smallest absolute Gasteiger partial charge is 0.260 e. The van der Waals surface area contributed by atoms with Gasteiger partial charge in [0.1, 0.15) is 11.7 Å². The summed E-state index contributed by atoms with van der Waals surface area (Å²) in [5.41, 5.74) is 0. The topological polar surface area (TPSA) is 72.8 Å². The van der Waals surface area contributed by atoms with Gasteiger partial charge >= 0.3 is 0 Å². The average molecular weight is 452 g/mol. The molecule has 0 unspecified atom stereocenters. The number of benzene rings is 2. The predicted octanol–water partition coefficient (Wildman–Crippen LogP) is 5.59. The summed E-state index contributed by atoms with van der Waals surface area (Å²) in [4.78, 5) is 0. The Morgan fingerprint density at radius 1 is 0.833 bits per heavy atom. The first-order valence-corrected chi connectivity index (χ1v) is 13.9. The number of hydrogen-bond acceptors (Lipinski definition) is 5. The second-order valence-corrected chi connectivity index (χ2v) is 13.1. The first-order chi connectivity index (χ1) is 14.1. The predicted molar refractivity (Wildman–Crippen MR) is 124 cm³/mol. The molecule has 0 radical (unpaired) electrons. The quantitative estimate of drug-likeness (QED) is 0.450. The third-order valence-electron chi connectivity index (χ3n) is 4.83. The highest BCUT2D eigenvalue weighted by atomic mass is 31.2. The van der Waals surface area contributed by atoms with Gasteiger partial charge in [-0.3, -0.25) is 9.13 Å². The number of aliphatic hydroxyl groups excluding tert-OH is 1. The first-order valence-electron chi connectivity index (χ1n) is 10.5. The molecule has 0 bridgehead atoms. The standard InChI is InChI=1S/C23H34O5P2/c1-6-27-29(25,20-13-9-7-10-14-20)22(17-18(2)3)28-30(26,23(24)19(4)5)21-15-11-8-12-16-21/h7-16,18-19,22-24H,6,17H2,1-5H3/t22-,23-,29+,30-/m1/s1. The molecule has 7 heteroatoms. The van der Waals surface area contributed by atoms with Crippen LogP contribution in [0.25, 0.3) is 0 Å². The summed E-state index contributed by atoms with van der Waals surface area (Å²) in [5, 5.41) is 11.9. The van der Waals surface area contributed by atoms with Crippen LogP contribution >= 0.6 is 14.7 Å². The van der Waals surface area contributed by atoms with Crippen molar-refractivity contribution in [2.75, 3.05) is 6.61 Å². The van der Waals surface area contributed by atoms with Crippen LogP contribution in [-0.4, -0.2) is 23.4 Å². The lowest BCUT2D eigenvalue weighted by Gasteiger charge is -2.34. The maximum absolute atomic E-state index is 14.2. The molecule has 1 N–H and O–H groups in total. The van der Waals surface area contributed by atoms with Crippen LogP contribution in [0.3, 0.4) is 0 Å². The summed E-state index contributed by atoms with van der Waals surface area (Å²) >= 11 is 0. The molecule has 0 saturated heterocycles. The zero-order chi connectivity index (χ0) is 22.4. The van der Waals surface area contributed by atoms with Crippen molar-refractivity contribution in [3.8, 4) is 0 Å². The van der Waals surface area contributed by atoms with Crippen LogP contribution in [-0.2, 0) is 18.2 Å². The monoisotopic (exact) mass is 452 g/mol. The Morgan fingerprint density at radius 2 is 1.30 bits per heavy atom. The van der Waals surface area contributed by atoms with Crippen LogP contribution in [0.1, 0.15) is 41.0 Å². The van der Waals surface area contributed by atoms with Crippen molar-refractivity contribution < 1.29 is 23.3 Å². The van der Waals surface area contributed by atoms with Gasteiger partial charge in [0, 0.05) is 10.6 Å². The van der Waals surface area contributed by atoms with Gasteiger partial charge in [-0.2, -0.15) is 0 Å². The van der Waals surface area contributed by atoms with E-state index in [1.54, 1.807) is 69.3 Å². The highest BCUT2D eigenvalue weighted by Gasteiger charge is 2.46. The lowest BCUT2D eigenvalue weighted by atomic mass is 10.1. The Hall–Kier alpha value is -1.22. The van der Waals surface area contributed by atoms with Gasteiger partial charge in [0.25, 0.3) is 14.7 Å². The molecular weight excluding hydrogens is 418 g/mol. The Labute approximate surface area is 180 Å². The van der Waals surface area contributed by atoms with Gasteiger partial charge in [-0.25, -0.2) is 0 Å². The first kappa shape index (κ1) is 25.0. The molecule has 0 aromatic heterocycles. The maximum Gasteiger partial charge on any atom is 0.260 e. The third kappa shape index (κ3) is 5.72. The summed E-state index contributed by atoms with van der Waals surface area (Å²) in [5.74, 6) is -2.36. The molecule has 0 fully saturated rings. The van der Waals surface area contributed by atoms with E-state index >= 15 is 0 Å². The molecule has 0 aliphatic rings. The van der Waals surface area contributed by atoms with Crippen molar-refractivity contribution in [3.63, 3.8) is 0 Å². The highest BCUT2D eigenvalue weighted by Crippen LogP contribution is 2.62. The number of rotatable bonds is 11. The lowest BCUT2D eigenvalue weighted by molar-refractivity contribution is 0.153. The summed E-state index contributed by atoms with van der Waals surface area (Å²) in [6.07, 6.45) is 0.383.